The van der Waals surface area contributed by atoms with Gasteiger partial charge in [0.25, 0.3) is 0 Å². The Balaban J connectivity index is 1.32. The summed E-state index contributed by atoms with van der Waals surface area (Å²) >= 11 is 0. The summed E-state index contributed by atoms with van der Waals surface area (Å²) in [7, 11) is 0. The number of urea groups is 1. The summed E-state index contributed by atoms with van der Waals surface area (Å²) in [4.78, 5) is 27.6. The van der Waals surface area contributed by atoms with Gasteiger partial charge in [0.2, 0.25) is 0 Å². The van der Waals surface area contributed by atoms with Crippen LogP contribution in [-0.2, 0) is 6.54 Å². The van der Waals surface area contributed by atoms with E-state index < -0.39 is 0 Å². The van der Waals surface area contributed by atoms with E-state index in [-0.39, 0.29) is 12.6 Å². The van der Waals surface area contributed by atoms with Gasteiger partial charge < -0.3 is 15.6 Å². The average molecular weight is 360 g/mol. The number of carbonyl (C=O) groups is 1. The maximum Gasteiger partial charge on any atom is 0.319 e. The summed E-state index contributed by atoms with van der Waals surface area (Å²) in [5.74, 6) is 1.28. The van der Waals surface area contributed by atoms with Crippen molar-refractivity contribution in [2.75, 3.05) is 5.32 Å². The Hall–Kier alpha value is -4.01. The van der Waals surface area contributed by atoms with Crippen LogP contribution in [0.5, 0.6) is 0 Å². The molecule has 0 fully saturated rings. The number of benzene rings is 1. The lowest BCUT2D eigenvalue weighted by Crippen LogP contribution is -2.28. The van der Waals surface area contributed by atoms with E-state index in [1.54, 1.807) is 30.9 Å². The summed E-state index contributed by atoms with van der Waals surface area (Å²) in [6.45, 7) is 0.281. The molecular weight excluding hydrogens is 344 g/mol. The molecule has 0 aliphatic rings. The normalized spacial score (nSPS) is 10.5. The van der Waals surface area contributed by atoms with Crippen LogP contribution in [0, 0.1) is 0 Å². The van der Waals surface area contributed by atoms with E-state index in [9.17, 15) is 4.79 Å². The van der Waals surface area contributed by atoms with Crippen molar-refractivity contribution in [1.29, 1.82) is 0 Å². The summed E-state index contributed by atoms with van der Waals surface area (Å²) in [6.07, 6.45) is 6.28. The van der Waals surface area contributed by atoms with Crippen molar-refractivity contribution in [3.63, 3.8) is 0 Å². The van der Waals surface area contributed by atoms with Crippen molar-refractivity contribution in [3.8, 4) is 17.1 Å². The van der Waals surface area contributed by atoms with Crippen LogP contribution in [0.3, 0.4) is 0 Å². The fourth-order valence-electron chi connectivity index (χ4n) is 2.48. The fourth-order valence-corrected chi connectivity index (χ4v) is 2.48. The van der Waals surface area contributed by atoms with E-state index in [2.05, 4.69) is 35.7 Å². The highest BCUT2D eigenvalue weighted by Gasteiger charge is 2.06. The lowest BCUT2D eigenvalue weighted by molar-refractivity contribution is 0.251. The predicted octanol–water partition coefficient (Wildman–Crippen LogP) is 2.37. The molecule has 3 N–H and O–H groups in total. The smallest absolute Gasteiger partial charge is 0.319 e. The van der Waals surface area contributed by atoms with Gasteiger partial charge in [-0.3, -0.25) is 0 Å². The second kappa shape index (κ2) is 7.48. The molecule has 2 amide bonds. The lowest BCUT2D eigenvalue weighted by Gasteiger charge is -2.07. The zero-order valence-electron chi connectivity index (χ0n) is 14.2. The van der Waals surface area contributed by atoms with Gasteiger partial charge in [0.15, 0.2) is 5.82 Å². The van der Waals surface area contributed by atoms with Gasteiger partial charge in [-0.15, -0.1) is 0 Å². The van der Waals surface area contributed by atoms with Crippen molar-refractivity contribution >= 4 is 11.7 Å². The van der Waals surface area contributed by atoms with Gasteiger partial charge in [-0.25, -0.2) is 24.4 Å². The van der Waals surface area contributed by atoms with Crippen LogP contribution in [-0.4, -0.2) is 35.7 Å². The maximum atomic E-state index is 12.1. The number of nitrogens with zero attached hydrogens (tertiary/aromatic N) is 5. The molecule has 0 spiro atoms. The van der Waals surface area contributed by atoms with Gasteiger partial charge in [0.05, 0.1) is 30.3 Å². The summed E-state index contributed by atoms with van der Waals surface area (Å²) in [6, 6.07) is 13.0. The third kappa shape index (κ3) is 3.98. The van der Waals surface area contributed by atoms with Crippen molar-refractivity contribution in [3.05, 3.63) is 73.3 Å². The quantitative estimate of drug-likeness (QED) is 0.506. The first-order valence-corrected chi connectivity index (χ1v) is 8.23. The molecule has 9 nitrogen and oxygen atoms in total. The minimum atomic E-state index is -0.344. The molecule has 4 rings (SSSR count). The molecule has 0 saturated heterocycles. The molecule has 9 heteroatoms. The number of hydrogen-bond donors (Lipinski definition) is 3. The van der Waals surface area contributed by atoms with E-state index in [0.717, 1.165) is 11.3 Å². The third-order valence-electron chi connectivity index (χ3n) is 3.79. The zero-order chi connectivity index (χ0) is 18.5. The highest BCUT2D eigenvalue weighted by molar-refractivity contribution is 5.88. The van der Waals surface area contributed by atoms with Crippen LogP contribution >= 0.6 is 0 Å². The van der Waals surface area contributed by atoms with Crippen LogP contribution in [0.4, 0.5) is 10.5 Å². The Morgan fingerprint density at radius 1 is 1.07 bits per heavy atom. The maximum absolute atomic E-state index is 12.1. The zero-order valence-corrected chi connectivity index (χ0v) is 14.2. The lowest BCUT2D eigenvalue weighted by atomic mass is 10.2. The van der Waals surface area contributed by atoms with Crippen LogP contribution in [0.25, 0.3) is 17.1 Å². The van der Waals surface area contributed by atoms with E-state index in [0.29, 0.717) is 17.3 Å². The second-order valence-corrected chi connectivity index (χ2v) is 5.66. The van der Waals surface area contributed by atoms with Gasteiger partial charge in [0.1, 0.15) is 18.5 Å². The number of H-pyrrole nitrogens is 1. The van der Waals surface area contributed by atoms with Crippen LogP contribution in [0.15, 0.2) is 67.5 Å². The van der Waals surface area contributed by atoms with Crippen molar-refractivity contribution in [2.24, 2.45) is 0 Å². The number of carbonyl (C=O) groups excluding carboxylic acids is 1. The Labute approximate surface area is 154 Å². The highest BCUT2D eigenvalue weighted by Crippen LogP contribution is 2.16. The molecule has 0 aliphatic carbocycles. The molecule has 3 heterocycles. The summed E-state index contributed by atoms with van der Waals surface area (Å²) in [5, 5.41) is 9.48. The molecule has 1 aromatic carbocycles. The summed E-state index contributed by atoms with van der Waals surface area (Å²) in [5.41, 5.74) is 2.51. The van der Waals surface area contributed by atoms with E-state index >= 15 is 0 Å². The number of aromatic nitrogens is 6. The van der Waals surface area contributed by atoms with Crippen molar-refractivity contribution in [1.82, 2.24) is 35.0 Å². The van der Waals surface area contributed by atoms with Gasteiger partial charge in [-0.1, -0.05) is 30.3 Å². The number of amides is 2. The molecule has 0 unspecified atom stereocenters. The van der Waals surface area contributed by atoms with Crippen LogP contribution in [0.1, 0.15) is 5.82 Å². The van der Waals surface area contributed by atoms with E-state index in [1.807, 2.05) is 30.3 Å². The Morgan fingerprint density at radius 3 is 2.70 bits per heavy atom. The molecule has 0 radical (unpaired) electrons. The Morgan fingerprint density at radius 2 is 1.96 bits per heavy atom. The van der Waals surface area contributed by atoms with Gasteiger partial charge in [-0.05, 0) is 17.7 Å². The van der Waals surface area contributed by atoms with Crippen molar-refractivity contribution < 1.29 is 4.79 Å². The largest absolute Gasteiger partial charge is 0.341 e. The Kier molecular flexibility index (Phi) is 4.56. The second-order valence-electron chi connectivity index (χ2n) is 5.66. The van der Waals surface area contributed by atoms with Crippen LogP contribution < -0.4 is 10.6 Å². The molecule has 27 heavy (non-hydrogen) atoms. The average Bonchev–Trinajstić information content (AvgIpc) is 3.40. The predicted molar refractivity (Wildman–Crippen MR) is 99.0 cm³/mol. The first kappa shape index (κ1) is 16.5. The molecule has 0 aliphatic heterocycles. The highest BCUT2D eigenvalue weighted by atomic mass is 16.2. The van der Waals surface area contributed by atoms with Crippen molar-refractivity contribution in [2.45, 2.75) is 6.54 Å². The molecule has 3 aromatic heterocycles. The Bertz CT molecular complexity index is 1010. The first-order valence-electron chi connectivity index (χ1n) is 8.23. The number of anilines is 1. The monoisotopic (exact) mass is 360 g/mol. The number of rotatable bonds is 5. The SMILES string of the molecule is O=C(NCc1ncc(-c2ccccc2)[nH]1)Nc1ccc(-n2cncn2)nc1. The van der Waals surface area contributed by atoms with Gasteiger partial charge in [-0.2, -0.15) is 5.10 Å². The van der Waals surface area contributed by atoms with E-state index in [4.69, 9.17) is 0 Å². The molecule has 134 valence electrons. The minimum absolute atomic E-state index is 0.281. The fraction of sp³-hybridized carbons (Fsp3) is 0.0556. The molecule has 4 aromatic rings. The number of aromatic amines is 1. The molecule has 0 bridgehead atoms. The van der Waals surface area contributed by atoms with E-state index in [1.165, 1.54) is 11.0 Å². The number of nitrogens with one attached hydrogen (secondary N) is 3. The molecule has 0 saturated carbocycles. The van der Waals surface area contributed by atoms with Gasteiger partial charge in [0, 0.05) is 0 Å². The number of imidazole rings is 1. The number of pyridine rings is 1. The molecular formula is C18H16N8O. The summed E-state index contributed by atoms with van der Waals surface area (Å²) < 4.78 is 1.53. The first-order chi connectivity index (χ1) is 13.3. The topological polar surface area (TPSA) is 113 Å². The minimum Gasteiger partial charge on any atom is -0.341 e. The van der Waals surface area contributed by atoms with Crippen LogP contribution in [0.2, 0.25) is 0 Å². The molecule has 0 atom stereocenters. The van der Waals surface area contributed by atoms with Gasteiger partial charge >= 0.3 is 6.03 Å². The number of hydrogen-bond acceptors (Lipinski definition) is 5. The third-order valence-corrected chi connectivity index (χ3v) is 3.79. The standard InChI is InChI=1S/C18H16N8O/c27-18(24-14-6-7-17(21-8-14)26-12-19-11-23-26)22-10-16-20-9-15(25-16)13-4-2-1-3-5-13/h1-9,11-12H,10H2,(H,20,25)(H2,22,24,27).